The predicted molar refractivity (Wildman–Crippen MR) is 100.0 cm³/mol. The maximum Gasteiger partial charge on any atom is 0.204 e. The topological polar surface area (TPSA) is 76.0 Å². The van der Waals surface area contributed by atoms with E-state index in [1.807, 2.05) is 6.07 Å². The number of halogens is 1. The summed E-state index contributed by atoms with van der Waals surface area (Å²) in [5.41, 5.74) is 1.72. The summed E-state index contributed by atoms with van der Waals surface area (Å²) in [4.78, 5) is 4.98. The molecule has 1 aromatic heterocycles. The van der Waals surface area contributed by atoms with Crippen LogP contribution in [0.4, 0.5) is 5.95 Å². The van der Waals surface area contributed by atoms with Crippen LogP contribution < -0.4 is 10.6 Å². The predicted octanol–water partition coefficient (Wildman–Crippen LogP) is 2.61. The van der Waals surface area contributed by atoms with Crippen LogP contribution in [0.15, 0.2) is 23.1 Å². The second kappa shape index (κ2) is 7.29. The minimum atomic E-state index is -3.23. The number of nitrogens with one attached hydrogen (secondary N) is 2. The smallest absolute Gasteiger partial charge is 0.204 e. The highest BCUT2D eigenvalue weighted by atomic mass is 35.5. The quantitative estimate of drug-likeness (QED) is 0.862. The van der Waals surface area contributed by atoms with Gasteiger partial charge in [0.1, 0.15) is 0 Å². The summed E-state index contributed by atoms with van der Waals surface area (Å²) in [5, 5.41) is 6.78. The third-order valence-corrected chi connectivity index (χ3v) is 5.29. The van der Waals surface area contributed by atoms with E-state index in [2.05, 4.69) is 34.0 Å². The first kappa shape index (κ1) is 19.0. The summed E-state index contributed by atoms with van der Waals surface area (Å²) >= 11 is 0. The van der Waals surface area contributed by atoms with Crippen molar-refractivity contribution in [3.8, 4) is 0 Å². The van der Waals surface area contributed by atoms with Crippen molar-refractivity contribution in [2.24, 2.45) is 0 Å². The Balaban J connectivity index is 0.00000208. The zero-order valence-corrected chi connectivity index (χ0v) is 15.9. The molecule has 2 N–H and O–H groups in total. The molecule has 0 amide bonds. The van der Waals surface area contributed by atoms with Crippen LogP contribution in [0.1, 0.15) is 32.7 Å². The first-order valence-corrected chi connectivity index (χ1v) is 9.94. The molecule has 1 saturated heterocycles. The normalized spacial score (nSPS) is 16.3. The fourth-order valence-corrected chi connectivity index (χ4v) is 3.74. The molecule has 1 aliphatic heterocycles. The lowest BCUT2D eigenvalue weighted by Gasteiger charge is -2.26. The van der Waals surface area contributed by atoms with Crippen LogP contribution in [-0.4, -0.2) is 43.4 Å². The molecule has 0 atom stereocenters. The van der Waals surface area contributed by atoms with Crippen LogP contribution >= 0.6 is 12.4 Å². The Kier molecular flexibility index (Phi) is 5.78. The molecule has 1 aliphatic rings. The number of hydrogen-bond donors (Lipinski definition) is 2. The molecule has 0 aliphatic carbocycles. The summed E-state index contributed by atoms with van der Waals surface area (Å²) in [6, 6.07) is 5.88. The molecule has 24 heavy (non-hydrogen) atoms. The van der Waals surface area contributed by atoms with Crippen LogP contribution in [0, 0.1) is 0 Å². The van der Waals surface area contributed by atoms with E-state index in [0.29, 0.717) is 10.9 Å². The largest absolute Gasteiger partial charge is 0.353 e. The van der Waals surface area contributed by atoms with E-state index in [1.165, 1.54) is 6.26 Å². The van der Waals surface area contributed by atoms with Crippen molar-refractivity contribution in [1.82, 2.24) is 14.9 Å². The molecule has 8 heteroatoms. The number of rotatable bonds is 4. The molecule has 2 heterocycles. The molecule has 0 unspecified atom stereocenters. The van der Waals surface area contributed by atoms with E-state index < -0.39 is 9.84 Å². The van der Waals surface area contributed by atoms with Crippen molar-refractivity contribution in [2.45, 2.75) is 43.7 Å². The minimum Gasteiger partial charge on any atom is -0.353 e. The molecule has 3 rings (SSSR count). The molecule has 0 radical (unpaired) electrons. The number of piperidine rings is 1. The lowest BCUT2D eigenvalue weighted by atomic mass is 10.1. The van der Waals surface area contributed by atoms with Crippen molar-refractivity contribution >= 4 is 39.2 Å². The summed E-state index contributed by atoms with van der Waals surface area (Å²) < 4.78 is 25.8. The Hall–Kier alpha value is -1.31. The number of aromatic nitrogens is 2. The Morgan fingerprint density at radius 3 is 2.54 bits per heavy atom. The third-order valence-electron chi connectivity index (χ3n) is 4.18. The Morgan fingerprint density at radius 1 is 1.29 bits per heavy atom. The number of hydrogen-bond acceptors (Lipinski definition) is 5. The highest BCUT2D eigenvalue weighted by Crippen LogP contribution is 2.31. The average molecular weight is 373 g/mol. The summed E-state index contributed by atoms with van der Waals surface area (Å²) in [5.74, 6) is 0.826. The van der Waals surface area contributed by atoms with E-state index in [9.17, 15) is 8.42 Å². The number of fused-ring (bicyclic) bond motifs is 1. The molecule has 0 bridgehead atoms. The number of benzene rings is 1. The van der Waals surface area contributed by atoms with Crippen LogP contribution in [0.25, 0.3) is 11.0 Å². The molecule has 6 nitrogen and oxygen atoms in total. The van der Waals surface area contributed by atoms with Gasteiger partial charge in [0.05, 0.1) is 15.9 Å². The van der Waals surface area contributed by atoms with Gasteiger partial charge in [-0.2, -0.15) is 0 Å². The number of sulfone groups is 1. The van der Waals surface area contributed by atoms with Crippen LogP contribution in [0.3, 0.4) is 0 Å². The number of imidazole rings is 1. The number of anilines is 1. The van der Waals surface area contributed by atoms with Gasteiger partial charge in [-0.25, -0.2) is 13.4 Å². The van der Waals surface area contributed by atoms with Gasteiger partial charge in [-0.05, 0) is 58.0 Å². The fourth-order valence-electron chi connectivity index (χ4n) is 3.10. The lowest BCUT2D eigenvalue weighted by molar-refractivity contribution is 0.377. The molecule has 0 saturated carbocycles. The fraction of sp³-hybridized carbons (Fsp3) is 0.562. The monoisotopic (exact) mass is 372 g/mol. The molecular weight excluding hydrogens is 348 g/mol. The van der Waals surface area contributed by atoms with Gasteiger partial charge in [0, 0.05) is 18.3 Å². The van der Waals surface area contributed by atoms with Crippen LogP contribution in [0.5, 0.6) is 0 Å². The molecule has 1 fully saturated rings. The van der Waals surface area contributed by atoms with Gasteiger partial charge in [-0.3, -0.25) is 0 Å². The second-order valence-electron chi connectivity index (χ2n) is 6.51. The minimum absolute atomic E-state index is 0. The maximum atomic E-state index is 11.8. The van der Waals surface area contributed by atoms with Gasteiger partial charge in [-0.15, -0.1) is 12.4 Å². The van der Waals surface area contributed by atoms with E-state index in [0.717, 1.165) is 42.9 Å². The van der Waals surface area contributed by atoms with E-state index in [-0.39, 0.29) is 18.4 Å². The highest BCUT2D eigenvalue weighted by molar-refractivity contribution is 7.90. The summed E-state index contributed by atoms with van der Waals surface area (Å²) in [6.07, 6.45) is 3.32. The Morgan fingerprint density at radius 2 is 1.96 bits per heavy atom. The van der Waals surface area contributed by atoms with Gasteiger partial charge in [0.25, 0.3) is 0 Å². The second-order valence-corrected chi connectivity index (χ2v) is 8.52. The van der Waals surface area contributed by atoms with Crippen molar-refractivity contribution in [3.63, 3.8) is 0 Å². The molecule has 134 valence electrons. The molecular formula is C16H25ClN4O2S. The van der Waals surface area contributed by atoms with Crippen molar-refractivity contribution in [2.75, 3.05) is 24.7 Å². The van der Waals surface area contributed by atoms with Crippen molar-refractivity contribution in [1.29, 1.82) is 0 Å². The Labute approximate surface area is 149 Å². The van der Waals surface area contributed by atoms with Crippen LogP contribution in [-0.2, 0) is 9.84 Å². The SMILES string of the molecule is CC(C)Nc1nc2cc(S(C)(=O)=O)ccc2n1C1CCNCC1.Cl. The zero-order chi connectivity index (χ0) is 16.6. The van der Waals surface area contributed by atoms with Gasteiger partial charge in [0.2, 0.25) is 5.95 Å². The van der Waals surface area contributed by atoms with Gasteiger partial charge >= 0.3 is 0 Å². The van der Waals surface area contributed by atoms with E-state index in [1.54, 1.807) is 12.1 Å². The van der Waals surface area contributed by atoms with Crippen molar-refractivity contribution < 1.29 is 8.42 Å². The van der Waals surface area contributed by atoms with E-state index in [4.69, 9.17) is 0 Å². The van der Waals surface area contributed by atoms with Crippen LogP contribution in [0.2, 0.25) is 0 Å². The standard InChI is InChI=1S/C16H24N4O2S.ClH/c1-11(2)18-16-19-14-10-13(23(3,21)22)4-5-15(14)20(16)12-6-8-17-9-7-12;/h4-5,10-12,17H,6-9H2,1-3H3,(H,18,19);1H. The third kappa shape index (κ3) is 3.84. The zero-order valence-electron chi connectivity index (χ0n) is 14.2. The van der Waals surface area contributed by atoms with E-state index >= 15 is 0 Å². The average Bonchev–Trinajstić information content (AvgIpc) is 2.83. The molecule has 1 aromatic carbocycles. The highest BCUT2D eigenvalue weighted by Gasteiger charge is 2.22. The summed E-state index contributed by atoms with van der Waals surface area (Å²) in [7, 11) is -3.23. The first-order valence-electron chi connectivity index (χ1n) is 8.05. The van der Waals surface area contributed by atoms with Gasteiger partial charge < -0.3 is 15.2 Å². The summed E-state index contributed by atoms with van der Waals surface area (Å²) in [6.45, 7) is 6.14. The number of nitrogens with zero attached hydrogens (tertiary/aromatic N) is 2. The Bertz CT molecular complexity index is 811. The van der Waals surface area contributed by atoms with Gasteiger partial charge in [0.15, 0.2) is 9.84 Å². The maximum absolute atomic E-state index is 11.8. The first-order chi connectivity index (χ1) is 10.9. The van der Waals surface area contributed by atoms with Crippen molar-refractivity contribution in [3.05, 3.63) is 18.2 Å². The molecule has 2 aromatic rings. The lowest BCUT2D eigenvalue weighted by Crippen LogP contribution is -2.30. The van der Waals surface area contributed by atoms with Gasteiger partial charge in [-0.1, -0.05) is 0 Å². The molecule has 0 spiro atoms.